The van der Waals surface area contributed by atoms with Gasteiger partial charge in [-0.3, -0.25) is 9.78 Å². The standard InChI is InChI=1S/C11H11BrN4O/c12-8-2-1-5-14-10(8)11-15-7(3-4-13)6-9(17)16-11/h1-2,5-6H,3-4,13H2,(H,15,16,17). The molecule has 17 heavy (non-hydrogen) atoms. The van der Waals surface area contributed by atoms with Crippen molar-refractivity contribution >= 4 is 15.9 Å². The van der Waals surface area contributed by atoms with E-state index in [9.17, 15) is 4.79 Å². The van der Waals surface area contributed by atoms with E-state index in [1.807, 2.05) is 6.07 Å². The van der Waals surface area contributed by atoms with Crippen LogP contribution in [-0.4, -0.2) is 21.5 Å². The van der Waals surface area contributed by atoms with Crippen molar-refractivity contribution in [2.24, 2.45) is 5.73 Å². The summed E-state index contributed by atoms with van der Waals surface area (Å²) < 4.78 is 0.785. The maximum absolute atomic E-state index is 11.5. The third-order valence-electron chi connectivity index (χ3n) is 2.18. The second-order valence-electron chi connectivity index (χ2n) is 3.46. The van der Waals surface area contributed by atoms with Gasteiger partial charge in [0.2, 0.25) is 0 Å². The molecule has 0 radical (unpaired) electrons. The van der Waals surface area contributed by atoms with Crippen LogP contribution in [-0.2, 0) is 6.42 Å². The van der Waals surface area contributed by atoms with E-state index in [4.69, 9.17) is 5.73 Å². The first kappa shape index (κ1) is 11.9. The molecule has 0 aliphatic rings. The molecular weight excluding hydrogens is 284 g/mol. The highest BCUT2D eigenvalue weighted by Crippen LogP contribution is 2.21. The van der Waals surface area contributed by atoms with Gasteiger partial charge in [-0.25, -0.2) is 4.98 Å². The molecule has 3 N–H and O–H groups in total. The van der Waals surface area contributed by atoms with E-state index in [0.717, 1.165) is 4.47 Å². The van der Waals surface area contributed by atoms with Crippen LogP contribution in [0.25, 0.3) is 11.5 Å². The van der Waals surface area contributed by atoms with Crippen LogP contribution in [0.5, 0.6) is 0 Å². The molecule has 0 fully saturated rings. The first-order valence-corrected chi connectivity index (χ1v) is 5.91. The molecule has 0 aliphatic carbocycles. The number of pyridine rings is 1. The summed E-state index contributed by atoms with van der Waals surface area (Å²) in [6, 6.07) is 5.10. The predicted octanol–water partition coefficient (Wildman–Crippen LogP) is 1.10. The number of nitrogens with two attached hydrogens (primary N) is 1. The Kier molecular flexibility index (Phi) is 3.65. The van der Waals surface area contributed by atoms with Crippen LogP contribution in [0, 0.1) is 0 Å². The lowest BCUT2D eigenvalue weighted by Gasteiger charge is -2.04. The van der Waals surface area contributed by atoms with Crippen molar-refractivity contribution in [2.75, 3.05) is 6.54 Å². The predicted molar refractivity (Wildman–Crippen MR) is 68.5 cm³/mol. The highest BCUT2D eigenvalue weighted by atomic mass is 79.9. The minimum Gasteiger partial charge on any atom is -0.330 e. The van der Waals surface area contributed by atoms with E-state index in [-0.39, 0.29) is 5.56 Å². The summed E-state index contributed by atoms with van der Waals surface area (Å²) in [5.41, 5.74) is 6.54. The van der Waals surface area contributed by atoms with Crippen LogP contribution < -0.4 is 11.3 Å². The first-order chi connectivity index (χ1) is 8.20. The lowest BCUT2D eigenvalue weighted by Crippen LogP contribution is -2.13. The molecule has 0 amide bonds. The summed E-state index contributed by atoms with van der Waals surface area (Å²) in [6.07, 6.45) is 2.22. The molecular formula is C11H11BrN4O. The Balaban J connectivity index is 2.52. The highest BCUT2D eigenvalue weighted by Gasteiger charge is 2.08. The summed E-state index contributed by atoms with van der Waals surface area (Å²) in [5, 5.41) is 0. The Morgan fingerprint density at radius 3 is 3.00 bits per heavy atom. The number of hydrogen-bond acceptors (Lipinski definition) is 4. The fourth-order valence-electron chi connectivity index (χ4n) is 1.46. The quantitative estimate of drug-likeness (QED) is 0.888. The normalized spacial score (nSPS) is 10.5. The van der Waals surface area contributed by atoms with Crippen molar-refractivity contribution in [3.63, 3.8) is 0 Å². The number of nitrogens with one attached hydrogen (secondary N) is 1. The van der Waals surface area contributed by atoms with Gasteiger partial charge in [0.15, 0.2) is 5.82 Å². The smallest absolute Gasteiger partial charge is 0.251 e. The van der Waals surface area contributed by atoms with Crippen molar-refractivity contribution in [1.82, 2.24) is 15.0 Å². The van der Waals surface area contributed by atoms with Crippen LogP contribution in [0.1, 0.15) is 5.69 Å². The third kappa shape index (κ3) is 2.78. The lowest BCUT2D eigenvalue weighted by atomic mass is 10.2. The second kappa shape index (κ2) is 5.20. The summed E-state index contributed by atoms with van der Waals surface area (Å²) in [7, 11) is 0. The van der Waals surface area contributed by atoms with Crippen LogP contribution in [0.3, 0.4) is 0 Å². The van der Waals surface area contributed by atoms with Crippen molar-refractivity contribution in [2.45, 2.75) is 6.42 Å². The molecule has 0 atom stereocenters. The number of hydrogen-bond donors (Lipinski definition) is 2. The topological polar surface area (TPSA) is 84.7 Å². The Labute approximate surface area is 106 Å². The second-order valence-corrected chi connectivity index (χ2v) is 4.31. The monoisotopic (exact) mass is 294 g/mol. The van der Waals surface area contributed by atoms with Crippen molar-refractivity contribution < 1.29 is 0 Å². The molecule has 2 heterocycles. The minimum atomic E-state index is -0.198. The van der Waals surface area contributed by atoms with Gasteiger partial charge in [-0.05, 0) is 34.6 Å². The van der Waals surface area contributed by atoms with Gasteiger partial charge < -0.3 is 10.7 Å². The van der Waals surface area contributed by atoms with Gasteiger partial charge in [-0.1, -0.05) is 0 Å². The number of rotatable bonds is 3. The molecule has 0 spiro atoms. The van der Waals surface area contributed by atoms with Gasteiger partial charge in [-0.15, -0.1) is 0 Å². The van der Waals surface area contributed by atoms with Gasteiger partial charge in [0, 0.05) is 28.9 Å². The summed E-state index contributed by atoms with van der Waals surface area (Å²) in [4.78, 5) is 22.7. The number of aromatic amines is 1. The summed E-state index contributed by atoms with van der Waals surface area (Å²) >= 11 is 3.37. The molecule has 6 heteroatoms. The van der Waals surface area contributed by atoms with Crippen LogP contribution in [0.15, 0.2) is 33.7 Å². The van der Waals surface area contributed by atoms with Gasteiger partial charge in [0.05, 0.1) is 0 Å². The van der Waals surface area contributed by atoms with Gasteiger partial charge in [-0.2, -0.15) is 0 Å². The Bertz CT molecular complexity index is 582. The molecule has 88 valence electrons. The SMILES string of the molecule is NCCc1cc(=O)[nH]c(-c2ncccc2Br)n1. The van der Waals surface area contributed by atoms with E-state index in [1.165, 1.54) is 6.07 Å². The van der Waals surface area contributed by atoms with E-state index >= 15 is 0 Å². The Morgan fingerprint density at radius 2 is 2.29 bits per heavy atom. The van der Waals surface area contributed by atoms with E-state index in [2.05, 4.69) is 30.9 Å². The molecule has 2 aromatic rings. The van der Waals surface area contributed by atoms with Gasteiger partial charge in [0.25, 0.3) is 5.56 Å². The van der Waals surface area contributed by atoms with Gasteiger partial charge >= 0.3 is 0 Å². The highest BCUT2D eigenvalue weighted by molar-refractivity contribution is 9.10. The molecule has 0 saturated carbocycles. The molecule has 0 unspecified atom stereocenters. The summed E-state index contributed by atoms with van der Waals surface area (Å²) in [5.74, 6) is 0.452. The molecule has 0 saturated heterocycles. The average molecular weight is 295 g/mol. The Hall–Kier alpha value is -1.53. The number of halogens is 1. The largest absolute Gasteiger partial charge is 0.330 e. The molecule has 2 aromatic heterocycles. The zero-order valence-electron chi connectivity index (χ0n) is 8.98. The average Bonchev–Trinajstić information content (AvgIpc) is 2.29. The maximum atomic E-state index is 11.5. The zero-order chi connectivity index (χ0) is 12.3. The van der Waals surface area contributed by atoms with E-state index in [0.29, 0.717) is 30.2 Å². The van der Waals surface area contributed by atoms with Crippen molar-refractivity contribution in [1.29, 1.82) is 0 Å². The minimum absolute atomic E-state index is 0.198. The van der Waals surface area contributed by atoms with Crippen LogP contribution in [0.4, 0.5) is 0 Å². The number of nitrogens with zero attached hydrogens (tertiary/aromatic N) is 2. The fraction of sp³-hybridized carbons (Fsp3) is 0.182. The van der Waals surface area contributed by atoms with E-state index < -0.39 is 0 Å². The Morgan fingerprint density at radius 1 is 1.47 bits per heavy atom. The first-order valence-electron chi connectivity index (χ1n) is 5.12. The van der Waals surface area contributed by atoms with Crippen LogP contribution >= 0.6 is 15.9 Å². The fourth-order valence-corrected chi connectivity index (χ4v) is 1.90. The third-order valence-corrected chi connectivity index (χ3v) is 2.82. The maximum Gasteiger partial charge on any atom is 0.251 e. The molecule has 0 aliphatic heterocycles. The van der Waals surface area contributed by atoms with Crippen molar-refractivity contribution in [3.8, 4) is 11.5 Å². The lowest BCUT2D eigenvalue weighted by molar-refractivity contribution is 0.903. The zero-order valence-corrected chi connectivity index (χ0v) is 10.6. The molecule has 2 rings (SSSR count). The molecule has 0 bridgehead atoms. The van der Waals surface area contributed by atoms with Crippen molar-refractivity contribution in [3.05, 3.63) is 44.9 Å². The van der Waals surface area contributed by atoms with E-state index in [1.54, 1.807) is 12.3 Å². The molecule has 0 aromatic carbocycles. The molecule has 5 nitrogen and oxygen atoms in total. The van der Waals surface area contributed by atoms with Gasteiger partial charge in [0.1, 0.15) is 5.69 Å². The number of aromatic nitrogens is 3. The van der Waals surface area contributed by atoms with Crippen LogP contribution in [0.2, 0.25) is 0 Å². The number of H-pyrrole nitrogens is 1. The summed E-state index contributed by atoms with van der Waals surface area (Å²) in [6.45, 7) is 0.458.